The Labute approximate surface area is 257 Å². The van der Waals surface area contributed by atoms with Gasteiger partial charge in [-0.05, 0) is 61.7 Å². The molecule has 0 saturated carbocycles. The molecule has 1 atom stereocenters. The maximum absolute atomic E-state index is 14.1. The number of unbranched alkanes of at least 4 members (excludes halogenated alkanes) is 1. The Balaban J connectivity index is 2.09. The van der Waals surface area contributed by atoms with Crippen molar-refractivity contribution in [3.63, 3.8) is 0 Å². The predicted molar refractivity (Wildman–Crippen MR) is 166 cm³/mol. The quantitative estimate of drug-likeness (QED) is 0.207. The number of hydrogen-bond donors (Lipinski definition) is 1. The second kappa shape index (κ2) is 14.9. The molecule has 7 nitrogen and oxygen atoms in total. The summed E-state index contributed by atoms with van der Waals surface area (Å²) < 4.78 is 28.8. The molecular formula is C30H34Cl3N3O4S. The van der Waals surface area contributed by atoms with Crippen LogP contribution in [0.25, 0.3) is 0 Å². The van der Waals surface area contributed by atoms with Crippen LogP contribution in [0.3, 0.4) is 0 Å². The van der Waals surface area contributed by atoms with Gasteiger partial charge in [-0.15, -0.1) is 0 Å². The summed E-state index contributed by atoms with van der Waals surface area (Å²) >= 11 is 19.3. The highest BCUT2D eigenvalue weighted by molar-refractivity contribution is 7.92. The lowest BCUT2D eigenvalue weighted by Gasteiger charge is -2.33. The van der Waals surface area contributed by atoms with E-state index < -0.39 is 28.5 Å². The Kier molecular flexibility index (Phi) is 11.9. The van der Waals surface area contributed by atoms with Crippen LogP contribution in [0.2, 0.25) is 15.1 Å². The molecule has 3 aromatic carbocycles. The van der Waals surface area contributed by atoms with Gasteiger partial charge >= 0.3 is 0 Å². The summed E-state index contributed by atoms with van der Waals surface area (Å²) in [6.07, 6.45) is 1.96. The number of anilines is 1. The second-order valence-electron chi connectivity index (χ2n) is 9.55. The molecule has 11 heteroatoms. The minimum atomic E-state index is -4.20. The summed E-state index contributed by atoms with van der Waals surface area (Å²) in [5, 5.41) is 3.90. The monoisotopic (exact) mass is 637 g/mol. The van der Waals surface area contributed by atoms with E-state index in [0.29, 0.717) is 27.2 Å². The molecule has 0 aliphatic rings. The van der Waals surface area contributed by atoms with Crippen molar-refractivity contribution in [3.05, 3.63) is 92.9 Å². The highest BCUT2D eigenvalue weighted by Crippen LogP contribution is 2.30. The topological polar surface area (TPSA) is 86.8 Å². The molecule has 0 fully saturated rings. The number of nitrogens with zero attached hydrogens (tertiary/aromatic N) is 2. The molecule has 41 heavy (non-hydrogen) atoms. The fraction of sp³-hybridized carbons (Fsp3) is 0.333. The van der Waals surface area contributed by atoms with Gasteiger partial charge in [0.1, 0.15) is 12.6 Å². The summed E-state index contributed by atoms with van der Waals surface area (Å²) in [6.45, 7) is 5.37. The molecule has 2 amide bonds. The van der Waals surface area contributed by atoms with Crippen LogP contribution in [0.5, 0.6) is 0 Å². The smallest absolute Gasteiger partial charge is 0.264 e. The summed E-state index contributed by atoms with van der Waals surface area (Å²) in [7, 11) is -4.20. The maximum Gasteiger partial charge on any atom is 0.264 e. The van der Waals surface area contributed by atoms with Gasteiger partial charge in [-0.3, -0.25) is 13.9 Å². The average molecular weight is 639 g/mol. The third kappa shape index (κ3) is 8.16. The van der Waals surface area contributed by atoms with Gasteiger partial charge < -0.3 is 10.2 Å². The fourth-order valence-corrected chi connectivity index (χ4v) is 6.38. The van der Waals surface area contributed by atoms with E-state index in [-0.39, 0.29) is 29.5 Å². The Morgan fingerprint density at radius 3 is 2.15 bits per heavy atom. The van der Waals surface area contributed by atoms with Crippen LogP contribution in [0.15, 0.2) is 71.6 Å². The van der Waals surface area contributed by atoms with Gasteiger partial charge in [0.2, 0.25) is 11.8 Å². The van der Waals surface area contributed by atoms with Gasteiger partial charge in [-0.25, -0.2) is 8.42 Å². The Hall–Kier alpha value is -2.78. The summed E-state index contributed by atoms with van der Waals surface area (Å²) in [4.78, 5) is 28.8. The van der Waals surface area contributed by atoms with Crippen LogP contribution in [-0.2, 0) is 26.2 Å². The van der Waals surface area contributed by atoms with Crippen LogP contribution in [0.4, 0.5) is 5.69 Å². The van der Waals surface area contributed by atoms with Crippen LogP contribution < -0.4 is 9.62 Å². The molecule has 3 aromatic rings. The SMILES string of the molecule is CCCCNC(=O)[C@@H](CC)N(Cc1c(Cl)cccc1Cl)C(=O)CN(c1ccc(C)c(Cl)c1)S(=O)(=O)c1ccccc1. The van der Waals surface area contributed by atoms with Crippen molar-refractivity contribution in [1.82, 2.24) is 10.2 Å². The number of nitrogens with one attached hydrogen (secondary N) is 1. The molecule has 0 aliphatic heterocycles. The summed E-state index contributed by atoms with van der Waals surface area (Å²) in [5.41, 5.74) is 1.43. The largest absolute Gasteiger partial charge is 0.354 e. The number of sulfonamides is 1. The maximum atomic E-state index is 14.1. The van der Waals surface area contributed by atoms with Crippen molar-refractivity contribution in [2.75, 3.05) is 17.4 Å². The number of hydrogen-bond acceptors (Lipinski definition) is 4. The van der Waals surface area contributed by atoms with E-state index in [1.165, 1.54) is 23.1 Å². The second-order valence-corrected chi connectivity index (χ2v) is 12.6. The number of amides is 2. The van der Waals surface area contributed by atoms with E-state index in [1.807, 2.05) is 6.92 Å². The number of halogens is 3. The van der Waals surface area contributed by atoms with Crippen LogP contribution in [0.1, 0.15) is 44.2 Å². The van der Waals surface area contributed by atoms with Gasteiger partial charge in [0.15, 0.2) is 0 Å². The summed E-state index contributed by atoms with van der Waals surface area (Å²) in [5.74, 6) is -0.942. The van der Waals surface area contributed by atoms with E-state index in [0.717, 1.165) is 22.7 Å². The van der Waals surface area contributed by atoms with E-state index in [1.54, 1.807) is 62.4 Å². The Morgan fingerprint density at radius 2 is 1.56 bits per heavy atom. The first-order chi connectivity index (χ1) is 19.5. The van der Waals surface area contributed by atoms with Gasteiger partial charge in [-0.2, -0.15) is 0 Å². The van der Waals surface area contributed by atoms with Gasteiger partial charge in [0.05, 0.1) is 10.6 Å². The number of carbonyl (C=O) groups is 2. The van der Waals surface area contributed by atoms with Crippen molar-refractivity contribution in [2.24, 2.45) is 0 Å². The Bertz CT molecular complexity index is 1450. The van der Waals surface area contributed by atoms with Gasteiger partial charge in [0, 0.05) is 33.7 Å². The van der Waals surface area contributed by atoms with Gasteiger partial charge in [0.25, 0.3) is 10.0 Å². The van der Waals surface area contributed by atoms with Crippen molar-refractivity contribution >= 4 is 62.3 Å². The molecule has 0 radical (unpaired) electrons. The predicted octanol–water partition coefficient (Wildman–Crippen LogP) is 6.87. The van der Waals surface area contributed by atoms with Crippen LogP contribution in [-0.4, -0.2) is 44.3 Å². The molecule has 1 N–H and O–H groups in total. The lowest BCUT2D eigenvalue weighted by molar-refractivity contribution is -0.140. The molecule has 0 spiro atoms. The highest BCUT2D eigenvalue weighted by atomic mass is 35.5. The fourth-order valence-electron chi connectivity index (χ4n) is 4.26. The molecule has 0 heterocycles. The zero-order chi connectivity index (χ0) is 30.2. The number of aryl methyl sites for hydroxylation is 1. The molecule has 0 bridgehead atoms. The molecule has 0 aliphatic carbocycles. The molecular weight excluding hydrogens is 605 g/mol. The lowest BCUT2D eigenvalue weighted by atomic mass is 10.1. The van der Waals surface area contributed by atoms with Crippen molar-refractivity contribution in [2.45, 2.75) is 57.5 Å². The lowest BCUT2D eigenvalue weighted by Crippen LogP contribution is -2.52. The minimum Gasteiger partial charge on any atom is -0.354 e. The number of benzene rings is 3. The zero-order valence-corrected chi connectivity index (χ0v) is 26.3. The van der Waals surface area contributed by atoms with Crippen LogP contribution >= 0.6 is 34.8 Å². The van der Waals surface area contributed by atoms with E-state index in [4.69, 9.17) is 34.8 Å². The van der Waals surface area contributed by atoms with Crippen molar-refractivity contribution in [3.8, 4) is 0 Å². The molecule has 220 valence electrons. The number of carbonyl (C=O) groups excluding carboxylic acids is 2. The van der Waals surface area contributed by atoms with Gasteiger partial charge in [-0.1, -0.05) is 85.4 Å². The first kappa shape index (κ1) is 32.7. The van der Waals surface area contributed by atoms with Crippen molar-refractivity contribution in [1.29, 1.82) is 0 Å². The average Bonchev–Trinajstić information content (AvgIpc) is 2.95. The first-order valence-electron chi connectivity index (χ1n) is 13.3. The zero-order valence-electron chi connectivity index (χ0n) is 23.2. The minimum absolute atomic E-state index is 0.00884. The van der Waals surface area contributed by atoms with E-state index >= 15 is 0 Å². The van der Waals surface area contributed by atoms with Crippen molar-refractivity contribution < 1.29 is 18.0 Å². The number of rotatable bonds is 13. The standard InChI is InChI=1S/C30H34Cl3N3O4S/c1-4-6-17-34-30(38)28(5-2)35(19-24-25(31)13-10-14-26(24)32)29(37)20-36(22-16-15-21(3)27(33)18-22)41(39,40)23-11-8-7-9-12-23/h7-16,18,28H,4-6,17,19-20H2,1-3H3,(H,34,38)/t28-/m1/s1. The molecule has 3 rings (SSSR count). The molecule has 0 unspecified atom stereocenters. The summed E-state index contributed by atoms with van der Waals surface area (Å²) in [6, 6.07) is 16.7. The third-order valence-electron chi connectivity index (χ3n) is 6.66. The third-order valence-corrected chi connectivity index (χ3v) is 9.56. The normalized spacial score (nSPS) is 12.0. The first-order valence-corrected chi connectivity index (χ1v) is 15.9. The van der Waals surface area contributed by atoms with Crippen LogP contribution in [0, 0.1) is 6.92 Å². The van der Waals surface area contributed by atoms with E-state index in [2.05, 4.69) is 5.32 Å². The molecule has 0 aromatic heterocycles. The highest BCUT2D eigenvalue weighted by Gasteiger charge is 2.34. The van der Waals surface area contributed by atoms with E-state index in [9.17, 15) is 18.0 Å². The molecule has 0 saturated heterocycles. The Morgan fingerprint density at radius 1 is 0.902 bits per heavy atom.